The highest BCUT2D eigenvalue weighted by Crippen LogP contribution is 2.21. The van der Waals surface area contributed by atoms with Gasteiger partial charge in [-0.3, -0.25) is 4.79 Å². The maximum absolute atomic E-state index is 12.5. The monoisotopic (exact) mass is 407 g/mol. The number of fused-ring (bicyclic) bond motifs is 1. The summed E-state index contributed by atoms with van der Waals surface area (Å²) < 4.78 is 11.7. The third kappa shape index (κ3) is 5.13. The third-order valence-electron chi connectivity index (χ3n) is 4.52. The lowest BCUT2D eigenvalue weighted by atomic mass is 10.2. The number of hydrogen-bond donors (Lipinski definition) is 0. The predicted molar refractivity (Wildman–Crippen MR) is 113 cm³/mol. The van der Waals surface area contributed by atoms with E-state index in [1.807, 2.05) is 60.0 Å². The summed E-state index contributed by atoms with van der Waals surface area (Å²) in [4.78, 5) is 23.8. The molecule has 1 fully saturated rings. The molecule has 0 radical (unpaired) electrons. The Kier molecular flexibility index (Phi) is 6.38. The zero-order chi connectivity index (χ0) is 19.9. The standard InChI is InChI=1S/C22H21N3O3S/c26-21(10-13-29-18-6-2-1-3-7-18)25-11-12-27-17(14-25)15-28-22-19-8-4-5-9-20(19)23-16-24-22/h1-10,13,16-17H,11-12,14-15H2/b13-10+. The van der Waals surface area contributed by atoms with Gasteiger partial charge in [-0.1, -0.05) is 42.1 Å². The second-order valence-electron chi connectivity index (χ2n) is 6.52. The van der Waals surface area contributed by atoms with E-state index in [2.05, 4.69) is 9.97 Å². The lowest BCUT2D eigenvalue weighted by Crippen LogP contribution is -2.47. The lowest BCUT2D eigenvalue weighted by molar-refractivity contribution is -0.134. The van der Waals surface area contributed by atoms with Gasteiger partial charge in [-0.05, 0) is 29.7 Å². The minimum Gasteiger partial charge on any atom is -0.474 e. The average Bonchev–Trinajstić information content (AvgIpc) is 2.78. The first-order valence-electron chi connectivity index (χ1n) is 9.41. The zero-order valence-corrected chi connectivity index (χ0v) is 16.6. The molecule has 1 aromatic heterocycles. The number of thioether (sulfide) groups is 1. The number of ether oxygens (including phenoxy) is 2. The highest BCUT2D eigenvalue weighted by molar-refractivity contribution is 8.02. The number of benzene rings is 2. The van der Waals surface area contributed by atoms with Gasteiger partial charge in [-0.2, -0.15) is 0 Å². The van der Waals surface area contributed by atoms with Crippen LogP contribution in [0, 0.1) is 0 Å². The first-order valence-corrected chi connectivity index (χ1v) is 10.3. The third-order valence-corrected chi connectivity index (χ3v) is 5.34. The summed E-state index contributed by atoms with van der Waals surface area (Å²) in [5.74, 6) is 0.510. The Labute approximate surface area is 173 Å². The summed E-state index contributed by atoms with van der Waals surface area (Å²) in [6.07, 6.45) is 2.90. The summed E-state index contributed by atoms with van der Waals surface area (Å²) in [7, 11) is 0. The molecular formula is C22H21N3O3S. The number of hydrogen-bond acceptors (Lipinski definition) is 6. The molecule has 0 bridgehead atoms. The van der Waals surface area contributed by atoms with Crippen LogP contribution in [0.3, 0.4) is 0 Å². The fraction of sp³-hybridized carbons (Fsp3) is 0.227. The van der Waals surface area contributed by atoms with Gasteiger partial charge in [0.2, 0.25) is 11.8 Å². The van der Waals surface area contributed by atoms with Crippen molar-refractivity contribution in [1.82, 2.24) is 14.9 Å². The van der Waals surface area contributed by atoms with Crippen molar-refractivity contribution >= 4 is 28.6 Å². The Balaban J connectivity index is 1.31. The molecule has 3 aromatic rings. The summed E-state index contributed by atoms with van der Waals surface area (Å²) in [5, 5.41) is 2.69. The van der Waals surface area contributed by atoms with E-state index in [0.29, 0.717) is 32.2 Å². The van der Waals surface area contributed by atoms with Crippen LogP contribution in [0.5, 0.6) is 5.88 Å². The normalized spacial score (nSPS) is 17.0. The van der Waals surface area contributed by atoms with Gasteiger partial charge >= 0.3 is 0 Å². The molecule has 4 rings (SSSR count). The van der Waals surface area contributed by atoms with E-state index in [-0.39, 0.29) is 12.0 Å². The topological polar surface area (TPSA) is 64.6 Å². The summed E-state index contributed by atoms with van der Waals surface area (Å²) >= 11 is 1.52. The van der Waals surface area contributed by atoms with E-state index in [1.54, 1.807) is 11.0 Å². The molecular weight excluding hydrogens is 386 g/mol. The van der Waals surface area contributed by atoms with Crippen molar-refractivity contribution in [2.45, 2.75) is 11.0 Å². The van der Waals surface area contributed by atoms with Crippen molar-refractivity contribution in [2.24, 2.45) is 0 Å². The van der Waals surface area contributed by atoms with Gasteiger partial charge in [0.15, 0.2) is 0 Å². The molecule has 1 aliphatic heterocycles. The number of para-hydroxylation sites is 1. The van der Waals surface area contributed by atoms with Gasteiger partial charge in [0.05, 0.1) is 24.1 Å². The number of nitrogens with zero attached hydrogens (tertiary/aromatic N) is 3. The van der Waals surface area contributed by atoms with Crippen molar-refractivity contribution in [2.75, 3.05) is 26.3 Å². The molecule has 1 saturated heterocycles. The molecule has 0 spiro atoms. The predicted octanol–water partition coefficient (Wildman–Crippen LogP) is 3.54. The minimum atomic E-state index is -0.198. The molecule has 1 unspecified atom stereocenters. The largest absolute Gasteiger partial charge is 0.474 e. The molecule has 1 aliphatic rings. The molecule has 1 atom stereocenters. The molecule has 2 heterocycles. The van der Waals surface area contributed by atoms with Gasteiger partial charge in [0.25, 0.3) is 0 Å². The van der Waals surface area contributed by atoms with Gasteiger partial charge in [-0.25, -0.2) is 9.97 Å². The second kappa shape index (κ2) is 9.54. The van der Waals surface area contributed by atoms with Crippen LogP contribution in [0.25, 0.3) is 10.9 Å². The number of morpholine rings is 1. The van der Waals surface area contributed by atoms with Crippen LogP contribution in [0.1, 0.15) is 0 Å². The van der Waals surface area contributed by atoms with Gasteiger partial charge in [0.1, 0.15) is 19.0 Å². The number of amides is 1. The first kappa shape index (κ1) is 19.4. The highest BCUT2D eigenvalue weighted by Gasteiger charge is 2.24. The SMILES string of the molecule is O=C(/C=C/Sc1ccccc1)N1CCOC(COc2ncnc3ccccc23)C1. The van der Waals surface area contributed by atoms with Crippen LogP contribution in [0.4, 0.5) is 0 Å². The van der Waals surface area contributed by atoms with Gasteiger partial charge in [-0.15, -0.1) is 0 Å². The van der Waals surface area contributed by atoms with Crippen LogP contribution in [-0.4, -0.2) is 53.2 Å². The maximum Gasteiger partial charge on any atom is 0.247 e. The molecule has 6 nitrogen and oxygen atoms in total. The maximum atomic E-state index is 12.5. The molecule has 0 N–H and O–H groups in total. The van der Waals surface area contributed by atoms with Crippen LogP contribution < -0.4 is 4.74 Å². The molecule has 29 heavy (non-hydrogen) atoms. The van der Waals surface area contributed by atoms with Crippen molar-refractivity contribution < 1.29 is 14.3 Å². The Bertz CT molecular complexity index is 992. The Morgan fingerprint density at radius 3 is 2.90 bits per heavy atom. The quantitative estimate of drug-likeness (QED) is 0.460. The van der Waals surface area contributed by atoms with Crippen molar-refractivity contribution in [3.05, 3.63) is 72.4 Å². The molecule has 2 aromatic carbocycles. The Morgan fingerprint density at radius 1 is 1.17 bits per heavy atom. The molecule has 148 valence electrons. The Morgan fingerprint density at radius 2 is 2.00 bits per heavy atom. The molecule has 1 amide bonds. The first-order chi connectivity index (χ1) is 14.3. The van der Waals surface area contributed by atoms with Crippen molar-refractivity contribution in [3.63, 3.8) is 0 Å². The number of carbonyl (C=O) groups excluding carboxylic acids is 1. The van der Waals surface area contributed by atoms with E-state index in [1.165, 1.54) is 18.1 Å². The minimum absolute atomic E-state index is 0.0192. The van der Waals surface area contributed by atoms with Crippen LogP contribution in [0.2, 0.25) is 0 Å². The van der Waals surface area contributed by atoms with Crippen LogP contribution in [0.15, 0.2) is 77.3 Å². The second-order valence-corrected chi connectivity index (χ2v) is 7.50. The van der Waals surface area contributed by atoms with E-state index in [9.17, 15) is 4.79 Å². The fourth-order valence-corrected chi connectivity index (χ4v) is 3.72. The lowest BCUT2D eigenvalue weighted by Gasteiger charge is -2.32. The number of carbonyl (C=O) groups is 1. The fourth-order valence-electron chi connectivity index (χ4n) is 3.06. The van der Waals surface area contributed by atoms with E-state index >= 15 is 0 Å². The van der Waals surface area contributed by atoms with E-state index in [4.69, 9.17) is 9.47 Å². The average molecular weight is 407 g/mol. The molecule has 0 saturated carbocycles. The molecule has 7 heteroatoms. The van der Waals surface area contributed by atoms with Crippen molar-refractivity contribution in [1.29, 1.82) is 0 Å². The summed E-state index contributed by atoms with van der Waals surface area (Å²) in [5.41, 5.74) is 0.833. The number of aromatic nitrogens is 2. The van der Waals surface area contributed by atoms with E-state index < -0.39 is 0 Å². The number of rotatable bonds is 6. The summed E-state index contributed by atoms with van der Waals surface area (Å²) in [6.45, 7) is 1.88. The highest BCUT2D eigenvalue weighted by atomic mass is 32.2. The Hall–Kier alpha value is -2.90. The van der Waals surface area contributed by atoms with E-state index in [0.717, 1.165) is 15.8 Å². The smallest absolute Gasteiger partial charge is 0.247 e. The molecule has 0 aliphatic carbocycles. The van der Waals surface area contributed by atoms with Crippen molar-refractivity contribution in [3.8, 4) is 5.88 Å². The van der Waals surface area contributed by atoms with Gasteiger partial charge < -0.3 is 14.4 Å². The summed E-state index contributed by atoms with van der Waals surface area (Å²) in [6, 6.07) is 17.7. The van der Waals surface area contributed by atoms with Crippen LogP contribution in [-0.2, 0) is 9.53 Å². The zero-order valence-electron chi connectivity index (χ0n) is 15.8. The van der Waals surface area contributed by atoms with Gasteiger partial charge in [0, 0.05) is 17.5 Å². The van der Waals surface area contributed by atoms with Crippen LogP contribution >= 0.6 is 11.8 Å².